The van der Waals surface area contributed by atoms with Gasteiger partial charge in [0.05, 0.1) is 0 Å². The van der Waals surface area contributed by atoms with E-state index in [9.17, 15) is 10.2 Å². The first-order chi connectivity index (χ1) is 19.7. The molecule has 4 aliphatic carbocycles. The Morgan fingerprint density at radius 2 is 0.707 bits per heavy atom. The van der Waals surface area contributed by atoms with Crippen molar-refractivity contribution in [2.45, 2.75) is 51.4 Å². The van der Waals surface area contributed by atoms with Crippen molar-refractivity contribution in [2.75, 3.05) is 0 Å². The summed E-state index contributed by atoms with van der Waals surface area (Å²) in [6, 6.07) is 26.6. The van der Waals surface area contributed by atoms with Crippen molar-refractivity contribution in [2.24, 2.45) is 0 Å². The van der Waals surface area contributed by atoms with E-state index in [1.165, 1.54) is 51.4 Å². The summed E-state index contributed by atoms with van der Waals surface area (Å²) in [5.41, 5.74) is 0. The molecule has 4 fully saturated rings. The summed E-state index contributed by atoms with van der Waals surface area (Å²) >= 11 is 0. The maximum Gasteiger partial charge on any atom is 0.123 e. The molecule has 0 unspecified atom stereocenters. The van der Waals surface area contributed by atoms with Crippen molar-refractivity contribution in [3.63, 3.8) is 0 Å². The minimum Gasteiger partial charge on any atom is -0.507 e. The van der Waals surface area contributed by atoms with E-state index in [0.29, 0.717) is 11.5 Å². The van der Waals surface area contributed by atoms with Crippen LogP contribution >= 0.6 is 0 Å². The van der Waals surface area contributed by atoms with Gasteiger partial charge in [0.2, 0.25) is 0 Å². The number of hydrogen-bond acceptors (Lipinski definition) is 2. The van der Waals surface area contributed by atoms with Crippen molar-refractivity contribution in [3.05, 3.63) is 147 Å². The number of aromatic hydroxyl groups is 2. The van der Waals surface area contributed by atoms with E-state index in [-0.39, 0.29) is 21.7 Å². The average molecular weight is 575 g/mol. The quantitative estimate of drug-likeness (QED) is 0.205. The molecule has 10 radical (unpaired) electrons. The van der Waals surface area contributed by atoms with E-state index < -0.39 is 0 Å². The third kappa shape index (κ3) is 8.85. The van der Waals surface area contributed by atoms with Crippen LogP contribution in [-0.4, -0.2) is 10.2 Å². The van der Waals surface area contributed by atoms with Crippen LogP contribution in [0, 0.1) is 62.2 Å². The molecule has 0 spiro atoms. The Kier molecular flexibility index (Phi) is 12.6. The zero-order chi connectivity index (χ0) is 27.6. The van der Waals surface area contributed by atoms with Crippen molar-refractivity contribution in [1.82, 2.24) is 0 Å². The second-order valence-electron chi connectivity index (χ2n) is 10.6. The van der Waals surface area contributed by atoms with Crippen molar-refractivity contribution in [3.8, 4) is 11.5 Å². The van der Waals surface area contributed by atoms with Crippen LogP contribution in [0.2, 0.25) is 0 Å². The molecule has 0 bridgehead atoms. The van der Waals surface area contributed by atoms with E-state index in [0.717, 1.165) is 21.5 Å². The third-order valence-electron chi connectivity index (χ3n) is 7.83. The first-order valence-electron chi connectivity index (χ1n) is 14.5. The first-order valence-corrected chi connectivity index (χ1v) is 14.5. The molecule has 4 aromatic rings. The molecule has 8 rings (SSSR count). The number of phenolic OH excluding ortho intramolecular Hbond substituents is 2. The Hall–Kier alpha value is -2.29. The topological polar surface area (TPSA) is 40.5 Å². The summed E-state index contributed by atoms with van der Waals surface area (Å²) in [5.74, 6) is 7.09. The van der Waals surface area contributed by atoms with Crippen LogP contribution in [0.15, 0.2) is 84.9 Å². The van der Waals surface area contributed by atoms with Gasteiger partial charge in [0, 0.05) is 32.5 Å². The minimum absolute atomic E-state index is 0. The summed E-state index contributed by atoms with van der Waals surface area (Å²) in [4.78, 5) is 0. The Morgan fingerprint density at radius 3 is 1.05 bits per heavy atom. The largest absolute Gasteiger partial charge is 0.507 e. The van der Waals surface area contributed by atoms with Gasteiger partial charge >= 0.3 is 0 Å². The van der Waals surface area contributed by atoms with Crippen LogP contribution in [0.4, 0.5) is 0 Å². The molecular weight excluding hydrogens is 536 g/mol. The fraction of sp³-hybridized carbons (Fsp3) is 0.211. The average Bonchev–Trinajstić information content (AvgIpc) is 3.69. The summed E-state index contributed by atoms with van der Waals surface area (Å²) in [7, 11) is 0. The van der Waals surface area contributed by atoms with Gasteiger partial charge in [-0.25, -0.2) is 0 Å². The van der Waals surface area contributed by atoms with Gasteiger partial charge in [0.1, 0.15) is 11.5 Å². The van der Waals surface area contributed by atoms with E-state index in [2.05, 4.69) is 38.5 Å². The van der Waals surface area contributed by atoms with Gasteiger partial charge in [0.15, 0.2) is 0 Å². The fourth-order valence-corrected chi connectivity index (χ4v) is 5.64. The zero-order valence-corrected chi connectivity index (χ0v) is 25.2. The van der Waals surface area contributed by atoms with Gasteiger partial charge < -0.3 is 10.2 Å². The van der Waals surface area contributed by atoms with Crippen LogP contribution in [0.5, 0.6) is 11.5 Å². The summed E-state index contributed by atoms with van der Waals surface area (Å²) < 4.78 is 0. The number of phenols is 2. The molecular formula is C38H38O2Ti. The molecule has 0 saturated heterocycles. The van der Waals surface area contributed by atoms with E-state index in [1.807, 2.05) is 72.8 Å². The van der Waals surface area contributed by atoms with Gasteiger partial charge in [-0.2, -0.15) is 0 Å². The second kappa shape index (κ2) is 16.4. The third-order valence-corrected chi connectivity index (χ3v) is 7.83. The van der Waals surface area contributed by atoms with Crippen LogP contribution in [0.1, 0.15) is 51.4 Å². The van der Waals surface area contributed by atoms with Crippen molar-refractivity contribution >= 4 is 21.5 Å². The Balaban J connectivity index is 0.000000125. The molecule has 2 nitrogen and oxygen atoms in total. The number of benzene rings is 4. The van der Waals surface area contributed by atoms with Crippen LogP contribution in [-0.2, 0) is 21.7 Å². The molecule has 2 N–H and O–H groups in total. The maximum atomic E-state index is 9.37. The summed E-state index contributed by atoms with van der Waals surface area (Å²) in [6.07, 6.45) is 24.3. The Labute approximate surface area is 262 Å². The molecule has 0 amide bonds. The fourth-order valence-electron chi connectivity index (χ4n) is 5.64. The zero-order valence-electron chi connectivity index (χ0n) is 23.6. The Morgan fingerprint density at radius 1 is 0.390 bits per heavy atom. The number of fused-ring (bicyclic) bond motifs is 4. The van der Waals surface area contributed by atoms with Gasteiger partial charge in [-0.15, -0.1) is 0 Å². The molecule has 4 aliphatic rings. The van der Waals surface area contributed by atoms with Crippen LogP contribution < -0.4 is 0 Å². The summed E-state index contributed by atoms with van der Waals surface area (Å²) in [6.45, 7) is 0. The predicted octanol–water partition coefficient (Wildman–Crippen LogP) is 9.76. The molecule has 4 aromatic carbocycles. The predicted molar refractivity (Wildman–Crippen MR) is 167 cm³/mol. The standard InChI is InChI=1S/2C10H8O.2C9H11.Ti/c2*11-10-7-3-5-8-4-1-2-6-9(8)10;2*1-2-5-9-7-3-6-8(9)4-1;/h2*1-7,11H;2*3,6-7H,1-2,4-5H2;. The van der Waals surface area contributed by atoms with Gasteiger partial charge in [-0.05, 0) is 111 Å². The molecule has 0 aliphatic heterocycles. The summed E-state index contributed by atoms with van der Waals surface area (Å²) in [5, 5.41) is 22.7. The molecule has 206 valence electrons. The molecule has 0 heterocycles. The van der Waals surface area contributed by atoms with E-state index >= 15 is 0 Å². The minimum atomic E-state index is 0. The molecule has 41 heavy (non-hydrogen) atoms. The smallest absolute Gasteiger partial charge is 0.123 e. The normalized spacial score (nSPS) is 18.9. The Bertz CT molecular complexity index is 1200. The van der Waals surface area contributed by atoms with Crippen molar-refractivity contribution in [1.29, 1.82) is 0 Å². The van der Waals surface area contributed by atoms with Gasteiger partial charge in [-0.3, -0.25) is 0 Å². The monoisotopic (exact) mass is 574 g/mol. The van der Waals surface area contributed by atoms with Crippen LogP contribution in [0.25, 0.3) is 21.5 Å². The molecule has 3 heteroatoms. The van der Waals surface area contributed by atoms with E-state index in [1.54, 1.807) is 35.8 Å². The van der Waals surface area contributed by atoms with E-state index in [4.69, 9.17) is 0 Å². The molecule has 4 saturated carbocycles. The molecule has 0 aromatic heterocycles. The SMILES string of the molecule is Oc1cccc2ccccc12.Oc1cccc2ccccc12.[CH]1[CH][C]2CCCC[C]2[CH]1.[CH]1[CH][C]2CCCC[C]2[CH]1.[Ti]. The molecule has 0 atom stereocenters. The second-order valence-corrected chi connectivity index (χ2v) is 10.6. The van der Waals surface area contributed by atoms with Gasteiger partial charge in [-0.1, -0.05) is 98.5 Å². The number of rotatable bonds is 0. The first kappa shape index (κ1) is 31.6. The van der Waals surface area contributed by atoms with Gasteiger partial charge in [0.25, 0.3) is 0 Å². The van der Waals surface area contributed by atoms with Crippen LogP contribution in [0.3, 0.4) is 0 Å². The van der Waals surface area contributed by atoms with Crippen molar-refractivity contribution < 1.29 is 31.9 Å². The number of hydrogen-bond donors (Lipinski definition) is 2. The maximum absolute atomic E-state index is 9.37.